The maximum Gasteiger partial charge on any atom is 0.293 e. The molecule has 9 heteroatoms. The van der Waals surface area contributed by atoms with Crippen molar-refractivity contribution in [2.24, 2.45) is 0 Å². The zero-order valence-electron chi connectivity index (χ0n) is 13.8. The molecule has 2 aromatic rings. The third-order valence-corrected chi connectivity index (χ3v) is 3.36. The van der Waals surface area contributed by atoms with E-state index in [-0.39, 0.29) is 43.8 Å². The Kier molecular flexibility index (Phi) is 8.38. The predicted molar refractivity (Wildman–Crippen MR) is 92.8 cm³/mol. The standard InChI is InChI=1S/C9H7O4.C7H12N4.Y/c1-5-4-6(8(10)11)2-3-7(5)9(12)13;1-3-6(10)4(8)2-5(9)7(3)11;/h3-4H,1H3,(H,10,11)(H,12,13);2H,8-11H2,1H3;/q-1;;. The largest absolute Gasteiger partial charge is 0.521 e. The van der Waals surface area contributed by atoms with E-state index < -0.39 is 11.9 Å². The molecule has 0 amide bonds. The molecule has 25 heavy (non-hydrogen) atoms. The smallest absolute Gasteiger partial charge is 0.293 e. The molecule has 8 nitrogen and oxygen atoms in total. The molecule has 0 unspecified atom stereocenters. The van der Waals surface area contributed by atoms with Crippen LogP contribution < -0.4 is 22.9 Å². The molecule has 0 aliphatic rings. The van der Waals surface area contributed by atoms with Crippen LogP contribution in [0.2, 0.25) is 0 Å². The summed E-state index contributed by atoms with van der Waals surface area (Å²) in [5.41, 5.74) is 25.4. The number of rotatable bonds is 2. The topological polar surface area (TPSA) is 179 Å². The van der Waals surface area contributed by atoms with Crippen molar-refractivity contribution in [1.29, 1.82) is 0 Å². The van der Waals surface area contributed by atoms with Gasteiger partial charge in [-0.25, -0.2) is 0 Å². The van der Waals surface area contributed by atoms with Crippen molar-refractivity contribution >= 4 is 34.7 Å². The van der Waals surface area contributed by atoms with Gasteiger partial charge in [-0.05, 0) is 24.1 Å². The van der Waals surface area contributed by atoms with Crippen LogP contribution in [0.15, 0.2) is 18.2 Å². The molecule has 0 aliphatic heterocycles. The molecule has 2 aromatic carbocycles. The molecular formula is C16H19N4O4Y-. The molecule has 0 fully saturated rings. The first kappa shape index (κ1) is 22.7. The number of carboxylic acids is 2. The van der Waals surface area contributed by atoms with Gasteiger partial charge in [0, 0.05) is 32.7 Å². The zero-order chi connectivity index (χ0) is 18.6. The number of aryl methyl sites for hydroxylation is 1. The summed E-state index contributed by atoms with van der Waals surface area (Å²) in [4.78, 5) is 21.0. The fourth-order valence-corrected chi connectivity index (χ4v) is 1.85. The van der Waals surface area contributed by atoms with Crippen molar-refractivity contribution in [3.05, 3.63) is 46.5 Å². The Morgan fingerprint density at radius 2 is 1.40 bits per heavy atom. The second-order valence-electron chi connectivity index (χ2n) is 5.06. The number of nitrogens with two attached hydrogens (primary N) is 4. The van der Waals surface area contributed by atoms with Gasteiger partial charge >= 0.3 is 0 Å². The van der Waals surface area contributed by atoms with Crippen LogP contribution in [0, 0.1) is 19.9 Å². The average molecular weight is 420 g/mol. The Hall–Kier alpha value is -2.32. The SMILES string of the molecule is Cc1c(N)c(N)cc(N)c1N.Cc1cc(C(=O)O)[c-]cc1C(=O)O.[Y]. The summed E-state index contributed by atoms with van der Waals surface area (Å²) >= 11 is 0. The Labute approximate surface area is 170 Å². The summed E-state index contributed by atoms with van der Waals surface area (Å²) in [7, 11) is 0. The third kappa shape index (κ3) is 5.61. The molecule has 0 aliphatic carbocycles. The number of hydrogen-bond acceptors (Lipinski definition) is 6. The number of carboxylic acid groups (broad SMARTS) is 2. The quantitative estimate of drug-likeness (QED) is 0.313. The number of carbonyl (C=O) groups is 2. The number of aromatic carboxylic acids is 2. The Bertz CT molecular complexity index is 783. The van der Waals surface area contributed by atoms with E-state index in [4.69, 9.17) is 33.1 Å². The minimum Gasteiger partial charge on any atom is -0.521 e. The van der Waals surface area contributed by atoms with E-state index in [9.17, 15) is 9.59 Å². The molecule has 131 valence electrons. The van der Waals surface area contributed by atoms with Crippen molar-refractivity contribution in [3.63, 3.8) is 0 Å². The molecule has 10 N–H and O–H groups in total. The van der Waals surface area contributed by atoms with E-state index in [1.165, 1.54) is 12.1 Å². The minimum absolute atomic E-state index is 0. The number of benzene rings is 2. The number of anilines is 4. The van der Waals surface area contributed by atoms with E-state index >= 15 is 0 Å². The van der Waals surface area contributed by atoms with Crippen LogP contribution in [0.25, 0.3) is 0 Å². The first-order chi connectivity index (χ1) is 11.1. The monoisotopic (exact) mass is 420 g/mol. The van der Waals surface area contributed by atoms with Crippen LogP contribution in [0.3, 0.4) is 0 Å². The van der Waals surface area contributed by atoms with Gasteiger partial charge in [-0.15, -0.1) is 23.8 Å². The maximum absolute atomic E-state index is 10.5. The van der Waals surface area contributed by atoms with Gasteiger partial charge in [0.05, 0.1) is 22.7 Å². The van der Waals surface area contributed by atoms with Crippen molar-refractivity contribution in [2.75, 3.05) is 22.9 Å². The van der Waals surface area contributed by atoms with Gasteiger partial charge in [-0.2, -0.15) is 0 Å². The van der Waals surface area contributed by atoms with Gasteiger partial charge in [0.1, 0.15) is 0 Å². The Balaban J connectivity index is 0.000000449. The van der Waals surface area contributed by atoms with Crippen LogP contribution in [-0.2, 0) is 32.7 Å². The molecule has 0 saturated heterocycles. The Morgan fingerprint density at radius 1 is 0.920 bits per heavy atom. The van der Waals surface area contributed by atoms with E-state index in [1.807, 2.05) is 0 Å². The normalized spacial score (nSPS) is 9.36. The van der Waals surface area contributed by atoms with Gasteiger partial charge in [0.15, 0.2) is 0 Å². The summed E-state index contributed by atoms with van der Waals surface area (Å²) in [6, 6.07) is 6.40. The summed E-state index contributed by atoms with van der Waals surface area (Å²) in [5.74, 6) is -2.19. The molecule has 0 atom stereocenters. The van der Waals surface area contributed by atoms with Gasteiger partial charge in [0.25, 0.3) is 5.97 Å². The van der Waals surface area contributed by atoms with Crippen LogP contribution in [0.4, 0.5) is 22.7 Å². The van der Waals surface area contributed by atoms with Gasteiger partial charge in [-0.3, -0.25) is 4.79 Å². The summed E-state index contributed by atoms with van der Waals surface area (Å²) in [6.07, 6.45) is 0. The minimum atomic E-state index is -1.11. The predicted octanol–water partition coefficient (Wildman–Crippen LogP) is 1.51. The van der Waals surface area contributed by atoms with E-state index in [0.717, 1.165) is 5.56 Å². The van der Waals surface area contributed by atoms with Crippen LogP contribution in [0.5, 0.6) is 0 Å². The van der Waals surface area contributed by atoms with E-state index in [1.54, 1.807) is 19.9 Å². The van der Waals surface area contributed by atoms with Crippen molar-refractivity contribution in [1.82, 2.24) is 0 Å². The second kappa shape index (κ2) is 9.24. The van der Waals surface area contributed by atoms with Crippen LogP contribution >= 0.6 is 0 Å². The number of hydrogen-bond donors (Lipinski definition) is 6. The van der Waals surface area contributed by atoms with Crippen molar-refractivity contribution in [3.8, 4) is 0 Å². The first-order valence-electron chi connectivity index (χ1n) is 6.74. The van der Waals surface area contributed by atoms with Crippen molar-refractivity contribution in [2.45, 2.75) is 13.8 Å². The molecule has 0 spiro atoms. The Morgan fingerprint density at radius 3 is 1.76 bits per heavy atom. The first-order valence-corrected chi connectivity index (χ1v) is 6.74. The molecule has 2 rings (SSSR count). The maximum atomic E-state index is 10.5. The summed E-state index contributed by atoms with van der Waals surface area (Å²) in [6.45, 7) is 3.33. The van der Waals surface area contributed by atoms with E-state index in [2.05, 4.69) is 6.07 Å². The zero-order valence-corrected chi connectivity index (χ0v) is 16.7. The number of nitrogen functional groups attached to an aromatic ring is 4. The van der Waals surface area contributed by atoms with E-state index in [0.29, 0.717) is 28.3 Å². The molecule has 0 heterocycles. The third-order valence-electron chi connectivity index (χ3n) is 3.36. The van der Waals surface area contributed by atoms with Gasteiger partial charge < -0.3 is 37.9 Å². The second-order valence-corrected chi connectivity index (χ2v) is 5.06. The molecule has 0 bridgehead atoms. The fraction of sp³-hybridized carbons (Fsp3) is 0.125. The summed E-state index contributed by atoms with van der Waals surface area (Å²) < 4.78 is 0. The van der Waals surface area contributed by atoms with Crippen molar-refractivity contribution < 1.29 is 52.5 Å². The van der Waals surface area contributed by atoms with Crippen LogP contribution in [-0.4, -0.2) is 22.2 Å². The average Bonchev–Trinajstić information content (AvgIpc) is 2.51. The molecule has 1 radical (unpaired) electrons. The molecular weight excluding hydrogens is 401 g/mol. The molecule has 0 aromatic heterocycles. The van der Waals surface area contributed by atoms with Gasteiger partial charge in [0.2, 0.25) is 5.97 Å². The van der Waals surface area contributed by atoms with Crippen LogP contribution in [0.1, 0.15) is 31.8 Å². The fourth-order valence-electron chi connectivity index (χ4n) is 1.85. The van der Waals surface area contributed by atoms with Gasteiger partial charge in [-0.1, -0.05) is 12.5 Å². The molecule has 0 saturated carbocycles. The summed E-state index contributed by atoms with van der Waals surface area (Å²) in [5, 5.41) is 17.2.